The minimum absolute atomic E-state index is 0.107. The van der Waals surface area contributed by atoms with Crippen molar-refractivity contribution in [3.63, 3.8) is 0 Å². The lowest BCUT2D eigenvalue weighted by Crippen LogP contribution is -2.38. The maximum atomic E-state index is 12.4. The lowest BCUT2D eigenvalue weighted by molar-refractivity contribution is 0.0954. The summed E-state index contributed by atoms with van der Waals surface area (Å²) < 4.78 is 27.3. The highest BCUT2D eigenvalue weighted by molar-refractivity contribution is 7.86. The van der Waals surface area contributed by atoms with E-state index in [2.05, 4.69) is 15.3 Å². The van der Waals surface area contributed by atoms with Gasteiger partial charge in [0.2, 0.25) is 0 Å². The fourth-order valence-corrected chi connectivity index (χ4v) is 4.61. The molecule has 0 aliphatic carbocycles. The Balaban J connectivity index is 1.54. The molecule has 1 aromatic carbocycles. The van der Waals surface area contributed by atoms with Gasteiger partial charge in [0.25, 0.3) is 16.1 Å². The monoisotopic (exact) mass is 405 g/mol. The molecule has 152 valence electrons. The number of H-pyrrole nitrogens is 1. The van der Waals surface area contributed by atoms with Gasteiger partial charge in [-0.05, 0) is 36.5 Å². The number of amides is 1. The molecule has 9 heteroatoms. The van der Waals surface area contributed by atoms with Gasteiger partial charge in [-0.25, -0.2) is 4.98 Å². The Morgan fingerprint density at radius 2 is 2.21 bits per heavy atom. The zero-order chi connectivity index (χ0) is 20.1. The molecule has 1 atom stereocenters. The van der Waals surface area contributed by atoms with Crippen LogP contribution >= 0.6 is 0 Å². The highest BCUT2D eigenvalue weighted by atomic mass is 32.2. The van der Waals surface area contributed by atoms with E-state index < -0.39 is 10.2 Å². The van der Waals surface area contributed by atoms with Gasteiger partial charge >= 0.3 is 0 Å². The molecule has 2 N–H and O–H groups in total. The fraction of sp³-hybridized carbons (Fsp3) is 0.474. The van der Waals surface area contributed by atoms with E-state index in [1.54, 1.807) is 32.7 Å². The van der Waals surface area contributed by atoms with Gasteiger partial charge in [-0.2, -0.15) is 17.0 Å². The van der Waals surface area contributed by atoms with E-state index in [0.29, 0.717) is 31.6 Å². The first kappa shape index (κ1) is 20.5. The summed E-state index contributed by atoms with van der Waals surface area (Å²) in [5.41, 5.74) is 2.65. The molecule has 2 aromatic rings. The Morgan fingerprint density at radius 3 is 2.93 bits per heavy atom. The molecule has 0 saturated carbocycles. The maximum Gasteiger partial charge on any atom is 0.281 e. The van der Waals surface area contributed by atoms with E-state index in [1.165, 1.54) is 8.61 Å². The third kappa shape index (κ3) is 4.98. The number of imidazole rings is 1. The van der Waals surface area contributed by atoms with E-state index in [4.69, 9.17) is 0 Å². The van der Waals surface area contributed by atoms with Crippen LogP contribution in [0.15, 0.2) is 36.8 Å². The maximum absolute atomic E-state index is 12.4. The topological polar surface area (TPSA) is 98.4 Å². The summed E-state index contributed by atoms with van der Waals surface area (Å²) in [6.45, 7) is 1.59. The highest BCUT2D eigenvalue weighted by Crippen LogP contribution is 2.24. The van der Waals surface area contributed by atoms with Crippen LogP contribution in [0.1, 0.15) is 28.0 Å². The molecule has 8 nitrogen and oxygen atoms in total. The van der Waals surface area contributed by atoms with Gasteiger partial charge in [-0.3, -0.25) is 4.79 Å². The van der Waals surface area contributed by atoms with Gasteiger partial charge in [0.15, 0.2) is 0 Å². The molecule has 1 amide bonds. The second kappa shape index (κ2) is 8.85. The summed E-state index contributed by atoms with van der Waals surface area (Å²) >= 11 is 0. The molecular formula is C19H27N5O3S. The molecule has 28 heavy (non-hydrogen) atoms. The van der Waals surface area contributed by atoms with Crippen LogP contribution in [-0.4, -0.2) is 66.6 Å². The second-order valence-electron chi connectivity index (χ2n) is 7.29. The molecule has 0 spiro atoms. The summed E-state index contributed by atoms with van der Waals surface area (Å²) in [6.07, 6.45) is 5.65. The average Bonchev–Trinajstić information content (AvgIpc) is 3.34. The molecule has 1 aliphatic rings. The molecule has 1 aliphatic heterocycles. The van der Waals surface area contributed by atoms with Crippen LogP contribution in [0.3, 0.4) is 0 Å². The Kier molecular flexibility index (Phi) is 6.48. The van der Waals surface area contributed by atoms with Crippen molar-refractivity contribution in [3.05, 3.63) is 53.6 Å². The van der Waals surface area contributed by atoms with Crippen LogP contribution in [-0.2, 0) is 23.1 Å². The van der Waals surface area contributed by atoms with Gasteiger partial charge in [0, 0.05) is 57.6 Å². The summed E-state index contributed by atoms with van der Waals surface area (Å²) in [5.74, 6) is 0.151. The van der Waals surface area contributed by atoms with E-state index in [9.17, 15) is 13.2 Å². The van der Waals surface area contributed by atoms with Crippen LogP contribution in [0.4, 0.5) is 0 Å². The minimum Gasteiger partial charge on any atom is -0.352 e. The molecule has 3 rings (SSSR count). The lowest BCUT2D eigenvalue weighted by Gasteiger charge is -2.20. The predicted octanol–water partition coefficient (Wildman–Crippen LogP) is 1.05. The van der Waals surface area contributed by atoms with E-state index in [0.717, 1.165) is 24.1 Å². The number of carbonyl (C=O) groups excluding carboxylic acids is 1. The molecule has 0 bridgehead atoms. The van der Waals surface area contributed by atoms with Gasteiger partial charge in [-0.1, -0.05) is 12.1 Å². The minimum atomic E-state index is -3.36. The number of carbonyl (C=O) groups is 1. The van der Waals surface area contributed by atoms with Crippen LogP contribution in [0.25, 0.3) is 0 Å². The van der Waals surface area contributed by atoms with Crippen molar-refractivity contribution >= 4 is 16.1 Å². The van der Waals surface area contributed by atoms with Crippen LogP contribution in [0.2, 0.25) is 0 Å². The molecular weight excluding hydrogens is 378 g/mol. The molecule has 0 radical (unpaired) electrons. The molecule has 1 saturated heterocycles. The first-order valence-electron chi connectivity index (χ1n) is 9.38. The zero-order valence-corrected chi connectivity index (χ0v) is 17.1. The summed E-state index contributed by atoms with van der Waals surface area (Å²) in [5, 5.41) is 2.92. The normalized spacial score (nSPS) is 17.9. The highest BCUT2D eigenvalue weighted by Gasteiger charge is 2.32. The van der Waals surface area contributed by atoms with Crippen LogP contribution in [0.5, 0.6) is 0 Å². The van der Waals surface area contributed by atoms with Crippen molar-refractivity contribution in [2.45, 2.75) is 19.3 Å². The van der Waals surface area contributed by atoms with Gasteiger partial charge < -0.3 is 10.3 Å². The standard InChI is InChI=1S/C19H27N5O3S/c1-23(2)28(26,27)24-9-7-16(13-24)10-15-4-3-5-17(11-15)19(25)21-8-6-18-12-20-14-22-18/h3-5,11-12,14,16H,6-10,13H2,1-2H3,(H,20,22)(H,21,25). The largest absolute Gasteiger partial charge is 0.352 e. The zero-order valence-electron chi connectivity index (χ0n) is 16.3. The third-order valence-corrected chi connectivity index (χ3v) is 6.89. The second-order valence-corrected chi connectivity index (χ2v) is 9.43. The smallest absolute Gasteiger partial charge is 0.281 e. The number of nitrogens with zero attached hydrogens (tertiary/aromatic N) is 3. The van der Waals surface area contributed by atoms with Gasteiger partial charge in [0.05, 0.1) is 6.33 Å². The SMILES string of the molecule is CN(C)S(=O)(=O)N1CCC(Cc2cccc(C(=O)NCCc3cnc[nH]3)c2)C1. The number of hydrogen-bond donors (Lipinski definition) is 2. The van der Waals surface area contributed by atoms with Crippen molar-refractivity contribution in [2.24, 2.45) is 5.92 Å². The van der Waals surface area contributed by atoms with Crippen molar-refractivity contribution in [3.8, 4) is 0 Å². The molecule has 1 unspecified atom stereocenters. The van der Waals surface area contributed by atoms with Crippen molar-refractivity contribution < 1.29 is 13.2 Å². The van der Waals surface area contributed by atoms with E-state index >= 15 is 0 Å². The predicted molar refractivity (Wildman–Crippen MR) is 107 cm³/mol. The van der Waals surface area contributed by atoms with Crippen molar-refractivity contribution in [1.29, 1.82) is 0 Å². The number of rotatable bonds is 8. The molecule has 1 aromatic heterocycles. The summed E-state index contributed by atoms with van der Waals surface area (Å²) in [7, 11) is -0.252. The Bertz CT molecular complexity index is 896. The number of nitrogens with one attached hydrogen (secondary N) is 2. The summed E-state index contributed by atoms with van der Waals surface area (Å²) in [6, 6.07) is 7.56. The Labute approximate surface area is 166 Å². The Hall–Kier alpha value is -2.23. The van der Waals surface area contributed by atoms with Crippen molar-refractivity contribution in [2.75, 3.05) is 33.7 Å². The number of benzene rings is 1. The van der Waals surface area contributed by atoms with Gasteiger partial charge in [0.1, 0.15) is 0 Å². The molecule has 1 fully saturated rings. The van der Waals surface area contributed by atoms with Crippen molar-refractivity contribution in [1.82, 2.24) is 23.9 Å². The quantitative estimate of drug-likeness (QED) is 0.686. The van der Waals surface area contributed by atoms with E-state index in [-0.39, 0.29) is 11.8 Å². The lowest BCUT2D eigenvalue weighted by atomic mass is 9.97. The fourth-order valence-electron chi connectivity index (χ4n) is 3.41. The number of hydrogen-bond acceptors (Lipinski definition) is 4. The summed E-state index contributed by atoms with van der Waals surface area (Å²) in [4.78, 5) is 19.4. The average molecular weight is 406 g/mol. The number of aromatic nitrogens is 2. The Morgan fingerprint density at radius 1 is 1.39 bits per heavy atom. The molecule has 2 heterocycles. The third-order valence-electron chi connectivity index (χ3n) is 4.98. The van der Waals surface area contributed by atoms with Gasteiger partial charge in [-0.15, -0.1) is 0 Å². The van der Waals surface area contributed by atoms with Crippen LogP contribution < -0.4 is 5.32 Å². The number of aromatic amines is 1. The first-order valence-corrected chi connectivity index (χ1v) is 10.8. The van der Waals surface area contributed by atoms with E-state index in [1.807, 2.05) is 18.2 Å². The first-order chi connectivity index (χ1) is 13.4. The van der Waals surface area contributed by atoms with Crippen LogP contribution in [0, 0.1) is 5.92 Å².